The minimum absolute atomic E-state index is 0.0579. The van der Waals surface area contributed by atoms with Crippen molar-refractivity contribution in [3.05, 3.63) is 59.2 Å². The Labute approximate surface area is 140 Å². The van der Waals surface area contributed by atoms with Crippen molar-refractivity contribution in [3.63, 3.8) is 0 Å². The summed E-state index contributed by atoms with van der Waals surface area (Å²) in [7, 11) is -1.18. The van der Waals surface area contributed by atoms with E-state index in [0.717, 1.165) is 10.4 Å². The molecular formula is C15H12F4N2O3S. The molecule has 2 aromatic rings. The van der Waals surface area contributed by atoms with Crippen LogP contribution in [0.15, 0.2) is 35.2 Å². The Morgan fingerprint density at radius 1 is 1.00 bits per heavy atom. The van der Waals surface area contributed by atoms with E-state index in [1.165, 1.54) is 32.3 Å². The molecule has 0 fully saturated rings. The third-order valence-corrected chi connectivity index (χ3v) is 5.03. The van der Waals surface area contributed by atoms with Crippen LogP contribution in [0.4, 0.5) is 23.2 Å². The molecule has 2 rings (SSSR count). The molecule has 0 saturated carbocycles. The molecule has 10 heteroatoms. The molecule has 2 aromatic carbocycles. The standard InChI is InChI=1S/C15H12F4N2O3S/c1-21(2)25(23,24)9-5-3-4-8(6-9)20-15(22)10-7-11(16)13(18)14(19)12(10)17/h3-7H,1-2H3,(H,20,22). The van der Waals surface area contributed by atoms with Gasteiger partial charge in [-0.3, -0.25) is 4.79 Å². The van der Waals surface area contributed by atoms with E-state index in [0.29, 0.717) is 0 Å². The number of amides is 1. The average Bonchev–Trinajstić information content (AvgIpc) is 2.56. The zero-order valence-electron chi connectivity index (χ0n) is 13.0. The van der Waals surface area contributed by atoms with Crippen molar-refractivity contribution in [2.75, 3.05) is 19.4 Å². The second kappa shape index (κ2) is 6.81. The first-order valence-corrected chi connectivity index (χ1v) is 8.16. The van der Waals surface area contributed by atoms with Crippen molar-refractivity contribution >= 4 is 21.6 Å². The minimum Gasteiger partial charge on any atom is -0.322 e. The molecule has 0 heterocycles. The van der Waals surface area contributed by atoms with Crippen LogP contribution in [0.5, 0.6) is 0 Å². The van der Waals surface area contributed by atoms with Crippen molar-refractivity contribution in [1.82, 2.24) is 4.31 Å². The first kappa shape index (κ1) is 18.9. The van der Waals surface area contributed by atoms with Gasteiger partial charge in [0.15, 0.2) is 23.3 Å². The summed E-state index contributed by atoms with van der Waals surface area (Å²) in [5, 5.41) is 2.11. The van der Waals surface area contributed by atoms with Crippen LogP contribution in [0.2, 0.25) is 0 Å². The number of nitrogens with one attached hydrogen (secondary N) is 1. The molecule has 0 aliphatic rings. The highest BCUT2D eigenvalue weighted by Gasteiger charge is 2.23. The lowest BCUT2D eigenvalue weighted by molar-refractivity contribution is 0.102. The molecule has 134 valence electrons. The van der Waals surface area contributed by atoms with E-state index < -0.39 is 44.8 Å². The van der Waals surface area contributed by atoms with Crippen molar-refractivity contribution in [1.29, 1.82) is 0 Å². The van der Waals surface area contributed by atoms with Crippen LogP contribution >= 0.6 is 0 Å². The van der Waals surface area contributed by atoms with Crippen LogP contribution in [0.1, 0.15) is 10.4 Å². The lowest BCUT2D eigenvalue weighted by atomic mass is 10.1. The summed E-state index contributed by atoms with van der Waals surface area (Å²) in [4.78, 5) is 11.8. The van der Waals surface area contributed by atoms with Gasteiger partial charge in [-0.2, -0.15) is 0 Å². The lowest BCUT2D eigenvalue weighted by Crippen LogP contribution is -2.22. The van der Waals surface area contributed by atoms with Crippen LogP contribution in [-0.2, 0) is 10.0 Å². The second-order valence-corrected chi connectivity index (χ2v) is 7.27. The van der Waals surface area contributed by atoms with E-state index >= 15 is 0 Å². The number of hydrogen-bond acceptors (Lipinski definition) is 3. The zero-order chi connectivity index (χ0) is 18.9. The highest BCUT2D eigenvalue weighted by Crippen LogP contribution is 2.22. The fourth-order valence-corrected chi connectivity index (χ4v) is 2.83. The van der Waals surface area contributed by atoms with Gasteiger partial charge in [-0.15, -0.1) is 0 Å². The van der Waals surface area contributed by atoms with E-state index in [2.05, 4.69) is 5.32 Å². The maximum Gasteiger partial charge on any atom is 0.258 e. The summed E-state index contributed by atoms with van der Waals surface area (Å²) < 4.78 is 78.0. The Morgan fingerprint density at radius 2 is 1.64 bits per heavy atom. The molecule has 1 amide bonds. The van der Waals surface area contributed by atoms with Gasteiger partial charge in [-0.1, -0.05) is 6.07 Å². The largest absolute Gasteiger partial charge is 0.322 e. The van der Waals surface area contributed by atoms with Crippen molar-refractivity contribution in [2.24, 2.45) is 0 Å². The van der Waals surface area contributed by atoms with Crippen LogP contribution in [0.25, 0.3) is 0 Å². The summed E-state index contributed by atoms with van der Waals surface area (Å²) in [6.45, 7) is 0. The fourth-order valence-electron chi connectivity index (χ4n) is 1.88. The molecule has 0 saturated heterocycles. The van der Waals surface area contributed by atoms with Gasteiger partial charge in [0.05, 0.1) is 10.5 Å². The Balaban J connectivity index is 2.37. The van der Waals surface area contributed by atoms with Gasteiger partial charge in [0.25, 0.3) is 5.91 Å². The van der Waals surface area contributed by atoms with Crippen LogP contribution in [0.3, 0.4) is 0 Å². The molecule has 0 aliphatic carbocycles. The normalized spacial score (nSPS) is 11.6. The predicted molar refractivity (Wildman–Crippen MR) is 81.5 cm³/mol. The highest BCUT2D eigenvalue weighted by atomic mass is 32.2. The fraction of sp³-hybridized carbons (Fsp3) is 0.133. The zero-order valence-corrected chi connectivity index (χ0v) is 13.8. The van der Waals surface area contributed by atoms with Gasteiger partial charge in [0.2, 0.25) is 10.0 Å². The quantitative estimate of drug-likeness (QED) is 0.507. The SMILES string of the molecule is CN(C)S(=O)(=O)c1cccc(NC(=O)c2cc(F)c(F)c(F)c2F)c1. The monoisotopic (exact) mass is 376 g/mol. The molecule has 0 aliphatic heterocycles. The summed E-state index contributed by atoms with van der Waals surface area (Å²) in [5.41, 5.74) is -1.12. The van der Waals surface area contributed by atoms with Gasteiger partial charge in [-0.05, 0) is 24.3 Å². The second-order valence-electron chi connectivity index (χ2n) is 5.12. The Morgan fingerprint density at radius 3 is 2.24 bits per heavy atom. The van der Waals surface area contributed by atoms with Crippen molar-refractivity contribution in [3.8, 4) is 0 Å². The number of halogens is 4. The van der Waals surface area contributed by atoms with E-state index in [4.69, 9.17) is 0 Å². The molecule has 0 spiro atoms. The van der Waals surface area contributed by atoms with E-state index in [1.54, 1.807) is 0 Å². The number of sulfonamides is 1. The van der Waals surface area contributed by atoms with Crippen LogP contribution in [-0.4, -0.2) is 32.7 Å². The molecule has 0 unspecified atom stereocenters. The lowest BCUT2D eigenvalue weighted by Gasteiger charge is -2.13. The van der Waals surface area contributed by atoms with Gasteiger partial charge in [0, 0.05) is 19.8 Å². The van der Waals surface area contributed by atoms with E-state index in [9.17, 15) is 30.8 Å². The number of anilines is 1. The third kappa shape index (κ3) is 3.64. The smallest absolute Gasteiger partial charge is 0.258 e. The number of nitrogens with zero attached hydrogens (tertiary/aromatic N) is 1. The Bertz CT molecular complexity index is 946. The summed E-state index contributed by atoms with van der Waals surface area (Å²) in [5.74, 6) is -9.00. The van der Waals surface area contributed by atoms with Crippen LogP contribution in [0, 0.1) is 23.3 Å². The molecule has 1 N–H and O–H groups in total. The van der Waals surface area contributed by atoms with Gasteiger partial charge < -0.3 is 5.32 Å². The predicted octanol–water partition coefficient (Wildman–Crippen LogP) is 2.75. The number of benzene rings is 2. The van der Waals surface area contributed by atoms with Gasteiger partial charge >= 0.3 is 0 Å². The molecule has 0 bridgehead atoms. The number of rotatable bonds is 4. The van der Waals surface area contributed by atoms with Crippen molar-refractivity contribution in [2.45, 2.75) is 4.90 Å². The molecule has 25 heavy (non-hydrogen) atoms. The first-order chi connectivity index (χ1) is 11.6. The van der Waals surface area contributed by atoms with E-state index in [-0.39, 0.29) is 16.6 Å². The number of carbonyl (C=O) groups excluding carboxylic acids is 1. The van der Waals surface area contributed by atoms with Crippen molar-refractivity contribution < 1.29 is 30.8 Å². The maximum atomic E-state index is 13.6. The molecule has 0 radical (unpaired) electrons. The topological polar surface area (TPSA) is 66.5 Å². The summed E-state index contributed by atoms with van der Waals surface area (Å²) in [6, 6.07) is 5.17. The summed E-state index contributed by atoms with van der Waals surface area (Å²) >= 11 is 0. The highest BCUT2D eigenvalue weighted by molar-refractivity contribution is 7.89. The molecule has 0 atom stereocenters. The number of hydrogen-bond donors (Lipinski definition) is 1. The molecule has 5 nitrogen and oxygen atoms in total. The number of carbonyl (C=O) groups is 1. The summed E-state index contributed by atoms with van der Waals surface area (Å²) in [6.07, 6.45) is 0. The Hall–Kier alpha value is -2.46. The van der Waals surface area contributed by atoms with Gasteiger partial charge in [0.1, 0.15) is 0 Å². The average molecular weight is 376 g/mol. The van der Waals surface area contributed by atoms with Crippen LogP contribution < -0.4 is 5.32 Å². The maximum absolute atomic E-state index is 13.6. The third-order valence-electron chi connectivity index (χ3n) is 3.22. The van der Waals surface area contributed by atoms with E-state index in [1.807, 2.05) is 0 Å². The first-order valence-electron chi connectivity index (χ1n) is 6.72. The van der Waals surface area contributed by atoms with Gasteiger partial charge in [-0.25, -0.2) is 30.3 Å². The Kier molecular flexibility index (Phi) is 5.14. The molecule has 0 aromatic heterocycles. The minimum atomic E-state index is -3.79. The molecular weight excluding hydrogens is 364 g/mol.